The van der Waals surface area contributed by atoms with Crippen LogP contribution in [-0.2, 0) is 15.1 Å². The summed E-state index contributed by atoms with van der Waals surface area (Å²) in [5.74, 6) is 0.130. The third kappa shape index (κ3) is 6.46. The predicted octanol–water partition coefficient (Wildman–Crippen LogP) is 6.04. The van der Waals surface area contributed by atoms with E-state index in [-0.39, 0.29) is 11.5 Å². The number of fused-ring (bicyclic) bond motifs is 6. The fourth-order valence-corrected chi connectivity index (χ4v) is 5.49. The molecule has 2 aliphatic heterocycles. The summed E-state index contributed by atoms with van der Waals surface area (Å²) in [5, 5.41) is 29.7. The molecule has 43 heavy (non-hydrogen) atoms. The van der Waals surface area contributed by atoms with E-state index in [0.717, 1.165) is 25.7 Å². The molecule has 5 rings (SSSR count). The van der Waals surface area contributed by atoms with Crippen molar-refractivity contribution < 1.29 is 34.0 Å². The van der Waals surface area contributed by atoms with E-state index < -0.39 is 23.3 Å². The zero-order valence-corrected chi connectivity index (χ0v) is 25.1. The minimum atomic E-state index is -1.31. The maximum absolute atomic E-state index is 13.3. The summed E-state index contributed by atoms with van der Waals surface area (Å²) in [6.07, 6.45) is 3.30. The largest absolute Gasteiger partial charge is 0.508 e. The predicted molar refractivity (Wildman–Crippen MR) is 165 cm³/mol. The van der Waals surface area contributed by atoms with Gasteiger partial charge < -0.3 is 40.4 Å². The average molecular weight is 606 g/mol. The van der Waals surface area contributed by atoms with Gasteiger partial charge in [-0.2, -0.15) is 0 Å². The Morgan fingerprint density at radius 3 is 2.05 bits per heavy atom. The summed E-state index contributed by atoms with van der Waals surface area (Å²) in [4.78, 5) is 25.0. The number of hydrogen-bond acceptors (Lipinski definition) is 8. The van der Waals surface area contributed by atoms with Gasteiger partial charge in [0.2, 0.25) is 0 Å². The van der Waals surface area contributed by atoms with Gasteiger partial charge in [-0.15, -0.1) is 0 Å². The standard InChI is InChI=1S/C32H35N3O7S/c1-31(2,3)42-30(39)34-15-7-5-4-6-14-33-29(43)35-19-8-11-23-22(16-19)28(38)41-32(23)24-12-9-20(36)17-26(24)40-27-18-21(37)10-13-25(27)32/h8-13,16-18,36-37H,4-7,14-15H2,1-3H3,(H,34,39)(H2,33,35,43). The fraction of sp³-hybridized carbons (Fsp3) is 0.344. The van der Waals surface area contributed by atoms with E-state index in [0.29, 0.717) is 57.6 Å². The first-order chi connectivity index (χ1) is 20.5. The lowest BCUT2D eigenvalue weighted by Gasteiger charge is -2.36. The zero-order valence-electron chi connectivity index (χ0n) is 24.3. The second-order valence-electron chi connectivity index (χ2n) is 11.5. The minimum absolute atomic E-state index is 0.00202. The number of esters is 1. The highest BCUT2D eigenvalue weighted by Crippen LogP contribution is 2.57. The lowest BCUT2D eigenvalue weighted by molar-refractivity contribution is 0.0224. The molecule has 0 unspecified atom stereocenters. The highest BCUT2D eigenvalue weighted by atomic mass is 32.1. The van der Waals surface area contributed by atoms with Gasteiger partial charge in [-0.3, -0.25) is 0 Å². The molecule has 0 aromatic heterocycles. The van der Waals surface area contributed by atoms with Crippen LogP contribution in [0.2, 0.25) is 0 Å². The van der Waals surface area contributed by atoms with E-state index in [9.17, 15) is 19.8 Å². The Kier molecular flexibility index (Phi) is 8.36. The number of carbonyl (C=O) groups excluding carboxylic acids is 2. The molecule has 2 aliphatic rings. The van der Waals surface area contributed by atoms with Crippen LogP contribution in [0.25, 0.3) is 0 Å². The number of hydrogen-bond donors (Lipinski definition) is 5. The van der Waals surface area contributed by atoms with Crippen molar-refractivity contribution in [3.8, 4) is 23.0 Å². The first-order valence-corrected chi connectivity index (χ1v) is 14.6. The smallest absolute Gasteiger partial charge is 0.407 e. The summed E-state index contributed by atoms with van der Waals surface area (Å²) < 4.78 is 17.3. The van der Waals surface area contributed by atoms with Gasteiger partial charge in [-0.25, -0.2) is 9.59 Å². The van der Waals surface area contributed by atoms with Gasteiger partial charge in [-0.05, 0) is 82.2 Å². The number of rotatable bonds is 8. The summed E-state index contributed by atoms with van der Waals surface area (Å²) in [6.45, 7) is 6.74. The normalized spacial score (nSPS) is 14.1. The molecule has 0 aliphatic carbocycles. The van der Waals surface area contributed by atoms with Crippen molar-refractivity contribution in [2.24, 2.45) is 0 Å². The monoisotopic (exact) mass is 605 g/mol. The van der Waals surface area contributed by atoms with Crippen LogP contribution in [0.3, 0.4) is 0 Å². The van der Waals surface area contributed by atoms with Crippen LogP contribution in [0.1, 0.15) is 73.5 Å². The molecule has 0 saturated carbocycles. The van der Waals surface area contributed by atoms with Gasteiger partial charge in [0, 0.05) is 47.6 Å². The first kappa shape index (κ1) is 30.0. The number of phenolic OH excluding ortho intramolecular Hbond substituents is 2. The quantitative estimate of drug-likeness (QED) is 0.117. The van der Waals surface area contributed by atoms with Gasteiger partial charge in [0.25, 0.3) is 0 Å². The summed E-state index contributed by atoms with van der Waals surface area (Å²) >= 11 is 5.47. The Morgan fingerprint density at radius 1 is 0.860 bits per heavy atom. The molecule has 0 atom stereocenters. The minimum Gasteiger partial charge on any atom is -0.508 e. The van der Waals surface area contributed by atoms with Crippen LogP contribution >= 0.6 is 12.2 Å². The van der Waals surface area contributed by atoms with Gasteiger partial charge in [0.05, 0.1) is 5.56 Å². The Bertz CT molecular complexity index is 1520. The SMILES string of the molecule is CC(C)(C)OC(=O)NCCCCCCNC(=S)Nc1ccc2c(c1)C(=O)OC21c2ccc(O)cc2Oc2cc(O)ccc21. The highest BCUT2D eigenvalue weighted by molar-refractivity contribution is 7.80. The van der Waals surface area contributed by atoms with Crippen molar-refractivity contribution in [1.82, 2.24) is 10.6 Å². The maximum Gasteiger partial charge on any atom is 0.407 e. The van der Waals surface area contributed by atoms with E-state index >= 15 is 0 Å². The molecule has 1 spiro atoms. The summed E-state index contributed by atoms with van der Waals surface area (Å²) in [5.41, 5.74) is 0.924. The Balaban J connectivity index is 1.19. The third-order valence-corrected chi connectivity index (χ3v) is 7.34. The number of nitrogens with one attached hydrogen (secondary N) is 3. The number of benzene rings is 3. The molecule has 3 aromatic carbocycles. The van der Waals surface area contributed by atoms with Gasteiger partial charge in [0.15, 0.2) is 10.7 Å². The number of aromatic hydroxyl groups is 2. The lowest BCUT2D eigenvalue weighted by atomic mass is 9.77. The second-order valence-corrected chi connectivity index (χ2v) is 11.9. The number of unbranched alkanes of at least 4 members (excludes halogenated alkanes) is 3. The maximum atomic E-state index is 13.3. The van der Waals surface area contributed by atoms with Crippen molar-refractivity contribution in [2.45, 2.75) is 57.7 Å². The van der Waals surface area contributed by atoms with E-state index in [2.05, 4.69) is 16.0 Å². The average Bonchev–Trinajstić information content (AvgIpc) is 3.20. The number of carbonyl (C=O) groups is 2. The van der Waals surface area contributed by atoms with Crippen molar-refractivity contribution in [3.05, 3.63) is 76.9 Å². The second kappa shape index (κ2) is 12.0. The first-order valence-electron chi connectivity index (χ1n) is 14.2. The number of thiocarbonyl (C=S) groups is 1. The molecule has 0 fully saturated rings. The topological polar surface area (TPSA) is 138 Å². The number of phenols is 2. The van der Waals surface area contributed by atoms with Crippen LogP contribution in [0, 0.1) is 0 Å². The molecule has 11 heteroatoms. The number of alkyl carbamates (subject to hydrolysis) is 1. The summed E-state index contributed by atoms with van der Waals surface area (Å²) in [6, 6.07) is 14.6. The number of ether oxygens (including phenoxy) is 3. The third-order valence-electron chi connectivity index (χ3n) is 7.09. The number of anilines is 1. The lowest BCUT2D eigenvalue weighted by Crippen LogP contribution is -2.33. The molecule has 0 bridgehead atoms. The molecule has 5 N–H and O–H groups in total. The molecule has 0 radical (unpaired) electrons. The van der Waals surface area contributed by atoms with Crippen LogP contribution in [0.4, 0.5) is 10.5 Å². The van der Waals surface area contributed by atoms with Gasteiger partial charge in [0.1, 0.15) is 28.6 Å². The van der Waals surface area contributed by atoms with Crippen molar-refractivity contribution >= 4 is 35.1 Å². The van der Waals surface area contributed by atoms with Crippen LogP contribution in [-0.4, -0.2) is 46.1 Å². The highest BCUT2D eigenvalue weighted by Gasteiger charge is 2.53. The molecule has 226 valence electrons. The summed E-state index contributed by atoms with van der Waals surface area (Å²) in [7, 11) is 0. The molecular weight excluding hydrogens is 570 g/mol. The van der Waals surface area contributed by atoms with Gasteiger partial charge in [-0.1, -0.05) is 18.9 Å². The molecule has 10 nitrogen and oxygen atoms in total. The fourth-order valence-electron chi connectivity index (χ4n) is 5.27. The van der Waals surface area contributed by atoms with Crippen molar-refractivity contribution in [2.75, 3.05) is 18.4 Å². The molecule has 2 heterocycles. The van der Waals surface area contributed by atoms with E-state index in [1.807, 2.05) is 32.9 Å². The molecule has 0 saturated heterocycles. The van der Waals surface area contributed by atoms with E-state index in [1.165, 1.54) is 24.3 Å². The van der Waals surface area contributed by atoms with E-state index in [1.54, 1.807) is 18.2 Å². The Labute approximate surface area is 255 Å². The molecule has 1 amide bonds. The number of amides is 1. The van der Waals surface area contributed by atoms with Crippen molar-refractivity contribution in [3.63, 3.8) is 0 Å². The van der Waals surface area contributed by atoms with Crippen LogP contribution in [0.15, 0.2) is 54.6 Å². The molecular formula is C32H35N3O7S. The van der Waals surface area contributed by atoms with Crippen molar-refractivity contribution in [1.29, 1.82) is 0 Å². The Morgan fingerprint density at radius 2 is 1.44 bits per heavy atom. The Hall–Kier alpha value is -4.51. The van der Waals surface area contributed by atoms with E-state index in [4.69, 9.17) is 26.4 Å². The van der Waals surface area contributed by atoms with Gasteiger partial charge >= 0.3 is 12.1 Å². The van der Waals surface area contributed by atoms with Crippen LogP contribution in [0.5, 0.6) is 23.0 Å². The van der Waals surface area contributed by atoms with Crippen LogP contribution < -0.4 is 20.7 Å². The zero-order chi connectivity index (χ0) is 30.8. The molecule has 3 aromatic rings.